The van der Waals surface area contributed by atoms with Crippen LogP contribution in [0.3, 0.4) is 0 Å². The Morgan fingerprint density at radius 1 is 0.923 bits per heavy atom. The van der Waals surface area contributed by atoms with Crippen molar-refractivity contribution in [1.29, 1.82) is 0 Å². The van der Waals surface area contributed by atoms with Gasteiger partial charge >= 0.3 is 7.12 Å². The molecule has 4 nitrogen and oxygen atoms in total. The van der Waals surface area contributed by atoms with Crippen molar-refractivity contribution >= 4 is 12.6 Å². The van der Waals surface area contributed by atoms with E-state index >= 15 is 0 Å². The third-order valence-electron chi connectivity index (χ3n) is 4.85. The largest absolute Gasteiger partial charge is 0.497 e. The fraction of sp³-hybridized carbons (Fsp3) is 0.368. The van der Waals surface area contributed by atoms with Gasteiger partial charge in [0, 0.05) is 11.5 Å². The maximum Gasteiger partial charge on any atom is 0.497 e. The molecular weight excluding hydrogens is 341 g/mol. The Kier molecular flexibility index (Phi) is 4.71. The van der Waals surface area contributed by atoms with Gasteiger partial charge in [0.1, 0.15) is 11.6 Å². The molecule has 1 fully saturated rings. The van der Waals surface area contributed by atoms with E-state index in [-0.39, 0.29) is 22.7 Å². The molecule has 138 valence electrons. The van der Waals surface area contributed by atoms with E-state index in [4.69, 9.17) is 18.8 Å². The zero-order chi connectivity index (χ0) is 19.1. The van der Waals surface area contributed by atoms with Crippen LogP contribution in [0.4, 0.5) is 8.78 Å². The Bertz CT molecular complexity index is 807. The molecule has 1 aliphatic heterocycles. The van der Waals surface area contributed by atoms with Crippen LogP contribution >= 0.6 is 0 Å². The zero-order valence-electron chi connectivity index (χ0n) is 15.4. The van der Waals surface area contributed by atoms with Gasteiger partial charge in [0.25, 0.3) is 0 Å². The summed E-state index contributed by atoms with van der Waals surface area (Å²) in [6.07, 6.45) is 0. The highest BCUT2D eigenvalue weighted by Crippen LogP contribution is 2.37. The molecule has 1 aliphatic rings. The fourth-order valence-corrected chi connectivity index (χ4v) is 2.59. The lowest BCUT2D eigenvalue weighted by Crippen LogP contribution is -2.41. The second-order valence-corrected chi connectivity index (χ2v) is 7.15. The monoisotopic (exact) mass is 362 g/mol. The van der Waals surface area contributed by atoms with E-state index in [1.165, 1.54) is 31.4 Å². The molecule has 26 heavy (non-hydrogen) atoms. The van der Waals surface area contributed by atoms with Gasteiger partial charge < -0.3 is 18.8 Å². The summed E-state index contributed by atoms with van der Waals surface area (Å²) in [4.78, 5) is 0. The van der Waals surface area contributed by atoms with Crippen LogP contribution in [0.15, 0.2) is 36.4 Å². The summed E-state index contributed by atoms with van der Waals surface area (Å²) in [7, 11) is 0.545. The summed E-state index contributed by atoms with van der Waals surface area (Å²) in [6, 6.07) is 8.75. The molecular formula is C19H21BF2O4. The lowest BCUT2D eigenvalue weighted by atomic mass is 9.78. The minimum Gasteiger partial charge on any atom is -0.494 e. The van der Waals surface area contributed by atoms with Crippen LogP contribution in [0.5, 0.6) is 17.2 Å². The number of halogens is 2. The van der Waals surface area contributed by atoms with E-state index in [1.807, 2.05) is 27.7 Å². The van der Waals surface area contributed by atoms with Crippen LogP contribution in [-0.4, -0.2) is 25.4 Å². The van der Waals surface area contributed by atoms with Crippen LogP contribution in [0.1, 0.15) is 27.7 Å². The van der Waals surface area contributed by atoms with Crippen LogP contribution in [0.2, 0.25) is 0 Å². The number of methoxy groups -OCH3 is 1. The smallest absolute Gasteiger partial charge is 0.494 e. The van der Waals surface area contributed by atoms with Crippen LogP contribution < -0.4 is 14.9 Å². The molecule has 0 N–H and O–H groups in total. The molecule has 0 aliphatic carbocycles. The maximum atomic E-state index is 14.6. The Morgan fingerprint density at radius 2 is 1.54 bits per heavy atom. The minimum absolute atomic E-state index is 0.0490. The first kappa shape index (κ1) is 18.7. The molecule has 2 aromatic rings. The van der Waals surface area contributed by atoms with Crippen molar-refractivity contribution in [2.75, 3.05) is 7.11 Å². The number of hydrogen-bond acceptors (Lipinski definition) is 4. The highest BCUT2D eigenvalue weighted by atomic mass is 19.1. The van der Waals surface area contributed by atoms with Gasteiger partial charge in [0.15, 0.2) is 11.5 Å². The normalized spacial score (nSPS) is 18.0. The number of hydrogen-bond donors (Lipinski definition) is 0. The first-order valence-corrected chi connectivity index (χ1v) is 8.30. The molecule has 0 bridgehead atoms. The van der Waals surface area contributed by atoms with Gasteiger partial charge in [-0.25, -0.2) is 4.39 Å². The number of ether oxygens (including phenoxy) is 2. The van der Waals surface area contributed by atoms with Gasteiger partial charge in [0.2, 0.25) is 5.82 Å². The quantitative estimate of drug-likeness (QED) is 0.769. The standard InChI is InChI=1S/C19H21BF2O4/c1-18(2)19(3,4)26-20(25-18)13-10-9-12(11-14(13)21)24-16-8-6-7-15(23-5)17(16)22/h6-11H,1-5H3. The van der Waals surface area contributed by atoms with Crippen LogP contribution in [-0.2, 0) is 9.31 Å². The summed E-state index contributed by atoms with van der Waals surface area (Å²) in [5.41, 5.74) is -0.867. The molecule has 0 unspecified atom stereocenters. The van der Waals surface area contributed by atoms with Gasteiger partial charge in [-0.1, -0.05) is 12.1 Å². The molecule has 0 saturated carbocycles. The van der Waals surface area contributed by atoms with E-state index in [9.17, 15) is 8.78 Å². The molecule has 2 aromatic carbocycles. The second kappa shape index (κ2) is 6.56. The summed E-state index contributed by atoms with van der Waals surface area (Å²) < 4.78 is 50.9. The predicted molar refractivity (Wildman–Crippen MR) is 95.1 cm³/mol. The van der Waals surface area contributed by atoms with Crippen molar-refractivity contribution in [3.63, 3.8) is 0 Å². The highest BCUT2D eigenvalue weighted by molar-refractivity contribution is 6.62. The first-order valence-electron chi connectivity index (χ1n) is 8.30. The average molecular weight is 362 g/mol. The number of rotatable bonds is 4. The molecule has 0 amide bonds. The van der Waals surface area contributed by atoms with E-state index in [0.29, 0.717) is 0 Å². The van der Waals surface area contributed by atoms with Crippen molar-refractivity contribution in [3.8, 4) is 17.2 Å². The highest BCUT2D eigenvalue weighted by Gasteiger charge is 2.52. The minimum atomic E-state index is -0.817. The third-order valence-corrected chi connectivity index (χ3v) is 4.85. The van der Waals surface area contributed by atoms with Crippen LogP contribution in [0, 0.1) is 11.6 Å². The lowest BCUT2D eigenvalue weighted by Gasteiger charge is -2.32. The van der Waals surface area contributed by atoms with Gasteiger partial charge in [-0.3, -0.25) is 0 Å². The van der Waals surface area contributed by atoms with E-state index in [2.05, 4.69) is 0 Å². The molecule has 0 aromatic heterocycles. The van der Waals surface area contributed by atoms with Gasteiger partial charge in [-0.15, -0.1) is 0 Å². The predicted octanol–water partition coefficient (Wildman–Crippen LogP) is 4.06. The summed E-state index contributed by atoms with van der Waals surface area (Å²) in [5.74, 6) is -1.03. The fourth-order valence-electron chi connectivity index (χ4n) is 2.59. The van der Waals surface area contributed by atoms with Gasteiger partial charge in [0.05, 0.1) is 18.3 Å². The van der Waals surface area contributed by atoms with Gasteiger partial charge in [-0.05, 0) is 45.9 Å². The van der Waals surface area contributed by atoms with Gasteiger partial charge in [-0.2, -0.15) is 4.39 Å². The first-order chi connectivity index (χ1) is 12.1. The van der Waals surface area contributed by atoms with Crippen molar-refractivity contribution in [2.45, 2.75) is 38.9 Å². The molecule has 7 heteroatoms. The SMILES string of the molecule is COc1cccc(Oc2ccc(B3OC(C)(C)C(C)(C)O3)c(F)c2)c1F. The Hall–Kier alpha value is -2.12. The lowest BCUT2D eigenvalue weighted by molar-refractivity contribution is 0.00578. The molecule has 0 radical (unpaired) electrons. The topological polar surface area (TPSA) is 36.9 Å². The zero-order valence-corrected chi connectivity index (χ0v) is 15.4. The van der Waals surface area contributed by atoms with Crippen molar-refractivity contribution in [1.82, 2.24) is 0 Å². The molecule has 0 spiro atoms. The third kappa shape index (κ3) is 3.29. The molecule has 0 atom stereocenters. The summed E-state index contributed by atoms with van der Waals surface area (Å²) in [5, 5.41) is 0. The average Bonchev–Trinajstić information content (AvgIpc) is 2.77. The maximum absolute atomic E-state index is 14.6. The number of benzene rings is 2. The van der Waals surface area contributed by atoms with Crippen molar-refractivity contribution in [3.05, 3.63) is 48.0 Å². The van der Waals surface area contributed by atoms with Crippen molar-refractivity contribution in [2.24, 2.45) is 0 Å². The molecule has 1 saturated heterocycles. The van der Waals surface area contributed by atoms with Crippen molar-refractivity contribution < 1.29 is 27.6 Å². The Balaban J connectivity index is 1.83. The van der Waals surface area contributed by atoms with E-state index in [1.54, 1.807) is 12.1 Å². The summed E-state index contributed by atoms with van der Waals surface area (Å²) in [6.45, 7) is 7.59. The summed E-state index contributed by atoms with van der Waals surface area (Å²) >= 11 is 0. The van der Waals surface area contributed by atoms with E-state index in [0.717, 1.165) is 0 Å². The second-order valence-electron chi connectivity index (χ2n) is 7.15. The van der Waals surface area contributed by atoms with Crippen LogP contribution in [0.25, 0.3) is 0 Å². The Morgan fingerprint density at radius 3 is 2.12 bits per heavy atom. The van der Waals surface area contributed by atoms with E-state index < -0.39 is 30.0 Å². The Labute approximate surface area is 152 Å². The molecule has 1 heterocycles. The molecule has 3 rings (SSSR count).